The van der Waals surface area contributed by atoms with E-state index in [0.29, 0.717) is 6.54 Å². The van der Waals surface area contributed by atoms with Crippen molar-refractivity contribution in [3.8, 4) is 0 Å². The number of likely N-dealkylation sites (N-methyl/N-ethyl adjacent to an activating group) is 1. The summed E-state index contributed by atoms with van der Waals surface area (Å²) in [6, 6.07) is 15.9. The molecular formula is C21H26N3O2+. The molecule has 2 amide bonds. The van der Waals surface area contributed by atoms with Crippen molar-refractivity contribution in [1.82, 2.24) is 0 Å². The van der Waals surface area contributed by atoms with E-state index in [2.05, 4.69) is 18.3 Å². The van der Waals surface area contributed by atoms with Crippen LogP contribution in [0.5, 0.6) is 0 Å². The molecule has 1 aliphatic rings. The maximum Gasteiger partial charge on any atom is 0.282 e. The van der Waals surface area contributed by atoms with Gasteiger partial charge in [0.15, 0.2) is 13.1 Å². The fourth-order valence-corrected chi connectivity index (χ4v) is 3.47. The van der Waals surface area contributed by atoms with Crippen LogP contribution in [0.1, 0.15) is 18.1 Å². The lowest BCUT2D eigenvalue weighted by Gasteiger charge is -2.24. The van der Waals surface area contributed by atoms with Crippen LogP contribution < -0.4 is 15.1 Å². The van der Waals surface area contributed by atoms with Crippen molar-refractivity contribution < 1.29 is 14.5 Å². The number of nitrogens with one attached hydrogen (secondary N) is 2. The third-order valence-electron chi connectivity index (χ3n) is 4.73. The van der Waals surface area contributed by atoms with Crippen LogP contribution in [0.3, 0.4) is 0 Å². The van der Waals surface area contributed by atoms with Crippen LogP contribution in [-0.2, 0) is 16.0 Å². The van der Waals surface area contributed by atoms with Gasteiger partial charge in [-0.3, -0.25) is 9.59 Å². The average molecular weight is 352 g/mol. The first kappa shape index (κ1) is 18.1. The van der Waals surface area contributed by atoms with Gasteiger partial charge in [0.05, 0.1) is 7.05 Å². The second-order valence-corrected chi connectivity index (χ2v) is 7.17. The number of carbonyl (C=O) groups is 2. The van der Waals surface area contributed by atoms with Gasteiger partial charge in [0.2, 0.25) is 0 Å². The van der Waals surface area contributed by atoms with E-state index < -0.39 is 0 Å². The summed E-state index contributed by atoms with van der Waals surface area (Å²) in [4.78, 5) is 27.7. The molecule has 2 atom stereocenters. The molecule has 1 unspecified atom stereocenters. The van der Waals surface area contributed by atoms with E-state index >= 15 is 0 Å². The largest absolute Gasteiger partial charge is 0.322 e. The Labute approximate surface area is 154 Å². The highest BCUT2D eigenvalue weighted by molar-refractivity contribution is 5.97. The zero-order valence-corrected chi connectivity index (χ0v) is 15.6. The average Bonchev–Trinajstić information content (AvgIpc) is 2.92. The second-order valence-electron chi connectivity index (χ2n) is 7.17. The van der Waals surface area contributed by atoms with E-state index in [-0.39, 0.29) is 24.4 Å². The number of anilines is 2. The first-order valence-corrected chi connectivity index (χ1v) is 9.02. The van der Waals surface area contributed by atoms with E-state index in [1.807, 2.05) is 61.3 Å². The first-order valence-electron chi connectivity index (χ1n) is 9.02. The molecule has 2 aromatic rings. The minimum absolute atomic E-state index is 0.0584. The fourth-order valence-electron chi connectivity index (χ4n) is 3.47. The molecule has 1 aliphatic heterocycles. The molecular weight excluding hydrogens is 326 g/mol. The van der Waals surface area contributed by atoms with Crippen LogP contribution in [0.25, 0.3) is 0 Å². The number of quaternary nitrogens is 1. The molecule has 136 valence electrons. The molecule has 0 radical (unpaired) electrons. The van der Waals surface area contributed by atoms with Crippen molar-refractivity contribution in [2.45, 2.75) is 26.3 Å². The SMILES string of the molecule is Cc1ccc(NC(=O)C[NH+](C)CC(=O)N2c3ccccc3C[C@@H]2C)cc1. The molecule has 2 aromatic carbocycles. The number of aryl methyl sites for hydroxylation is 1. The molecule has 2 N–H and O–H groups in total. The number of hydrogen-bond donors (Lipinski definition) is 2. The number of benzene rings is 2. The Morgan fingerprint density at radius 1 is 1.12 bits per heavy atom. The standard InChI is InChI=1S/C21H25N3O2/c1-15-8-10-18(11-9-15)22-20(25)13-23(3)14-21(26)24-16(2)12-17-6-4-5-7-19(17)24/h4-11,16H,12-14H2,1-3H3,(H,22,25)/p+1/t16-/m0/s1. The van der Waals surface area contributed by atoms with Crippen molar-refractivity contribution in [3.63, 3.8) is 0 Å². The van der Waals surface area contributed by atoms with Gasteiger partial charge in [0.1, 0.15) is 0 Å². The number of rotatable bonds is 5. The Hall–Kier alpha value is -2.66. The number of nitrogens with zero attached hydrogens (tertiary/aromatic N) is 1. The van der Waals surface area contributed by atoms with Crippen LogP contribution >= 0.6 is 0 Å². The highest BCUT2D eigenvalue weighted by Crippen LogP contribution is 2.31. The highest BCUT2D eigenvalue weighted by Gasteiger charge is 2.32. The Balaban J connectivity index is 1.56. The van der Waals surface area contributed by atoms with E-state index in [9.17, 15) is 9.59 Å². The van der Waals surface area contributed by atoms with Crippen molar-refractivity contribution in [3.05, 3.63) is 59.7 Å². The second kappa shape index (κ2) is 7.70. The summed E-state index contributed by atoms with van der Waals surface area (Å²) in [5, 5.41) is 2.88. The van der Waals surface area contributed by atoms with E-state index in [0.717, 1.165) is 28.3 Å². The monoisotopic (exact) mass is 352 g/mol. The van der Waals surface area contributed by atoms with Gasteiger partial charge in [-0.2, -0.15) is 0 Å². The zero-order chi connectivity index (χ0) is 18.7. The number of carbonyl (C=O) groups excluding carboxylic acids is 2. The fraction of sp³-hybridized carbons (Fsp3) is 0.333. The van der Waals surface area contributed by atoms with Gasteiger partial charge < -0.3 is 15.1 Å². The maximum absolute atomic E-state index is 12.8. The molecule has 5 nitrogen and oxygen atoms in total. The van der Waals surface area contributed by atoms with Gasteiger partial charge in [0.25, 0.3) is 11.8 Å². The van der Waals surface area contributed by atoms with E-state index in [4.69, 9.17) is 0 Å². The normalized spacial score (nSPS) is 16.9. The Morgan fingerprint density at radius 3 is 2.54 bits per heavy atom. The predicted molar refractivity (Wildman–Crippen MR) is 104 cm³/mol. The summed E-state index contributed by atoms with van der Waals surface area (Å²) in [5.74, 6) is -0.0305. The van der Waals surface area contributed by atoms with Gasteiger partial charge in [-0.15, -0.1) is 0 Å². The molecule has 1 heterocycles. The number of amides is 2. The third kappa shape index (κ3) is 4.11. The van der Waals surface area contributed by atoms with Gasteiger partial charge >= 0.3 is 0 Å². The summed E-state index contributed by atoms with van der Waals surface area (Å²) in [7, 11) is 1.87. The summed E-state index contributed by atoms with van der Waals surface area (Å²) >= 11 is 0. The van der Waals surface area contributed by atoms with Crippen molar-refractivity contribution in [2.24, 2.45) is 0 Å². The van der Waals surface area contributed by atoms with Crippen LogP contribution in [0.2, 0.25) is 0 Å². The summed E-state index contributed by atoms with van der Waals surface area (Å²) < 4.78 is 0. The highest BCUT2D eigenvalue weighted by atomic mass is 16.2. The minimum atomic E-state index is -0.0889. The molecule has 0 fully saturated rings. The lowest BCUT2D eigenvalue weighted by Crippen LogP contribution is -3.11. The van der Waals surface area contributed by atoms with Crippen molar-refractivity contribution >= 4 is 23.2 Å². The van der Waals surface area contributed by atoms with Crippen LogP contribution in [0.15, 0.2) is 48.5 Å². The lowest BCUT2D eigenvalue weighted by molar-refractivity contribution is -0.862. The smallest absolute Gasteiger partial charge is 0.282 e. The molecule has 0 aromatic heterocycles. The molecule has 0 saturated heterocycles. The number of hydrogen-bond acceptors (Lipinski definition) is 2. The molecule has 3 rings (SSSR count). The zero-order valence-electron chi connectivity index (χ0n) is 15.6. The molecule has 0 spiro atoms. The van der Waals surface area contributed by atoms with E-state index in [1.54, 1.807) is 0 Å². The topological polar surface area (TPSA) is 53.9 Å². The Kier molecular flexibility index (Phi) is 5.38. The summed E-state index contributed by atoms with van der Waals surface area (Å²) in [6.45, 7) is 4.62. The lowest BCUT2D eigenvalue weighted by atomic mass is 10.1. The van der Waals surface area contributed by atoms with Crippen LogP contribution in [0.4, 0.5) is 11.4 Å². The molecule has 0 saturated carbocycles. The van der Waals surface area contributed by atoms with Crippen LogP contribution in [-0.4, -0.2) is 38.0 Å². The van der Waals surface area contributed by atoms with Crippen LogP contribution in [0, 0.1) is 6.92 Å². The molecule has 0 aliphatic carbocycles. The van der Waals surface area contributed by atoms with Crippen molar-refractivity contribution in [2.75, 3.05) is 30.4 Å². The molecule has 26 heavy (non-hydrogen) atoms. The number of fused-ring (bicyclic) bond motifs is 1. The predicted octanol–water partition coefficient (Wildman–Crippen LogP) is 1.43. The van der Waals surface area contributed by atoms with Gasteiger partial charge in [-0.1, -0.05) is 35.9 Å². The van der Waals surface area contributed by atoms with Gasteiger partial charge in [-0.05, 0) is 44.0 Å². The quantitative estimate of drug-likeness (QED) is 0.855. The maximum atomic E-state index is 12.8. The Morgan fingerprint density at radius 2 is 1.81 bits per heavy atom. The first-order chi connectivity index (χ1) is 12.4. The minimum Gasteiger partial charge on any atom is -0.322 e. The molecule has 5 heteroatoms. The Bertz CT molecular complexity index is 801. The molecule has 0 bridgehead atoms. The summed E-state index contributed by atoms with van der Waals surface area (Å²) in [5.41, 5.74) is 4.14. The number of para-hydroxylation sites is 1. The van der Waals surface area contributed by atoms with Gasteiger partial charge in [0, 0.05) is 17.4 Å². The van der Waals surface area contributed by atoms with E-state index in [1.165, 1.54) is 5.56 Å². The third-order valence-corrected chi connectivity index (χ3v) is 4.73. The van der Waals surface area contributed by atoms with Gasteiger partial charge in [-0.25, -0.2) is 0 Å². The van der Waals surface area contributed by atoms with Crippen molar-refractivity contribution in [1.29, 1.82) is 0 Å². The summed E-state index contributed by atoms with van der Waals surface area (Å²) in [6.07, 6.45) is 0.884.